The fraction of sp³-hybridized carbons (Fsp3) is 0.533. The number of amides is 2. The van der Waals surface area contributed by atoms with E-state index in [9.17, 15) is 19.8 Å². The normalized spacial score (nSPS) is 23.3. The van der Waals surface area contributed by atoms with Gasteiger partial charge in [-0.1, -0.05) is 36.4 Å². The maximum Gasteiger partial charge on any atom is 0.252 e. The molecule has 2 amide bonds. The van der Waals surface area contributed by atoms with E-state index in [1.807, 2.05) is 62.9 Å². The summed E-state index contributed by atoms with van der Waals surface area (Å²) in [4.78, 5) is 28.8. The van der Waals surface area contributed by atoms with Crippen LogP contribution in [0.3, 0.4) is 0 Å². The van der Waals surface area contributed by atoms with Crippen LogP contribution in [-0.2, 0) is 11.2 Å². The number of carbonyl (C=O) groups is 2. The lowest BCUT2D eigenvalue weighted by Gasteiger charge is -2.43. The Morgan fingerprint density at radius 3 is 2.58 bits per heavy atom. The number of fused-ring (bicyclic) bond motifs is 1. The summed E-state index contributed by atoms with van der Waals surface area (Å²) in [5.74, 6) is 1.32. The van der Waals surface area contributed by atoms with Crippen LogP contribution in [0, 0.1) is 12.8 Å². The monoisotopic (exact) mass is 539 g/mol. The van der Waals surface area contributed by atoms with Crippen LogP contribution in [0.4, 0.5) is 0 Å². The van der Waals surface area contributed by atoms with Crippen molar-refractivity contribution in [3.8, 4) is 5.75 Å². The third kappa shape index (κ3) is 7.10. The van der Waals surface area contributed by atoms with Crippen molar-refractivity contribution in [1.29, 1.82) is 0 Å². The lowest BCUT2D eigenvalue weighted by Crippen LogP contribution is -2.60. The van der Waals surface area contributed by atoms with Crippen LogP contribution >= 0.6 is 11.8 Å². The lowest BCUT2D eigenvalue weighted by molar-refractivity contribution is -0.130. The van der Waals surface area contributed by atoms with Crippen molar-refractivity contribution in [3.05, 3.63) is 65.2 Å². The van der Waals surface area contributed by atoms with E-state index in [-0.39, 0.29) is 35.7 Å². The fourth-order valence-electron chi connectivity index (χ4n) is 5.52. The standard InChI is InChI=1S/C30H41N3O4S/c1-19-22(11-8-12-25(19)34)28(36)31-23(15-20-9-6-5-7-10-20)26(35)18-33-17-21-13-14-38-27(21)16-24(33)29(37)32-30(2,3)4/h5-12,21,23-24,26-27,34-35H,13-18H2,1-4H3,(H,31,36)(H,32,37)/t21?,23?,24-,26?,27?/m0/s1. The predicted molar refractivity (Wildman–Crippen MR) is 152 cm³/mol. The molecular weight excluding hydrogens is 498 g/mol. The number of nitrogens with one attached hydrogen (secondary N) is 2. The molecule has 4 rings (SSSR count). The van der Waals surface area contributed by atoms with Crippen molar-refractivity contribution in [2.45, 2.75) is 75.9 Å². The third-order valence-electron chi connectivity index (χ3n) is 7.56. The Morgan fingerprint density at radius 2 is 1.87 bits per heavy atom. The van der Waals surface area contributed by atoms with E-state index in [0.29, 0.717) is 28.7 Å². The van der Waals surface area contributed by atoms with E-state index in [1.54, 1.807) is 25.1 Å². The molecule has 2 aliphatic rings. The minimum Gasteiger partial charge on any atom is -0.508 e. The van der Waals surface area contributed by atoms with E-state index in [0.717, 1.165) is 30.7 Å². The molecule has 2 fully saturated rings. The average Bonchev–Trinajstić information content (AvgIpc) is 3.31. The van der Waals surface area contributed by atoms with Gasteiger partial charge in [-0.15, -0.1) is 0 Å². The lowest BCUT2D eigenvalue weighted by atomic mass is 9.89. The van der Waals surface area contributed by atoms with Gasteiger partial charge in [0.2, 0.25) is 5.91 Å². The van der Waals surface area contributed by atoms with Crippen LogP contribution in [0.25, 0.3) is 0 Å². The zero-order chi connectivity index (χ0) is 27.4. The van der Waals surface area contributed by atoms with E-state index in [2.05, 4.69) is 15.5 Å². The smallest absolute Gasteiger partial charge is 0.252 e. The Labute approximate surface area is 230 Å². The summed E-state index contributed by atoms with van der Waals surface area (Å²) < 4.78 is 0. The van der Waals surface area contributed by atoms with Gasteiger partial charge in [0.1, 0.15) is 5.75 Å². The molecule has 0 aliphatic carbocycles. The highest BCUT2D eigenvalue weighted by Gasteiger charge is 2.43. The number of piperidine rings is 1. The molecule has 2 aromatic carbocycles. The van der Waals surface area contributed by atoms with E-state index in [4.69, 9.17) is 0 Å². The minimum absolute atomic E-state index is 0.00493. The van der Waals surface area contributed by atoms with Gasteiger partial charge in [0.15, 0.2) is 0 Å². The molecule has 0 aromatic heterocycles. The third-order valence-corrected chi connectivity index (χ3v) is 9.04. The summed E-state index contributed by atoms with van der Waals surface area (Å²) in [6.07, 6.45) is 1.44. The first-order valence-corrected chi connectivity index (χ1v) is 14.6. The predicted octanol–water partition coefficient (Wildman–Crippen LogP) is 3.51. The number of likely N-dealkylation sites (tertiary alicyclic amines) is 1. The van der Waals surface area contributed by atoms with Crippen LogP contribution in [0.2, 0.25) is 0 Å². The number of phenols is 1. The Bertz CT molecular complexity index is 1120. The van der Waals surface area contributed by atoms with Crippen molar-refractivity contribution in [1.82, 2.24) is 15.5 Å². The molecule has 2 aliphatic heterocycles. The summed E-state index contributed by atoms with van der Waals surface area (Å²) in [6, 6.07) is 13.7. The molecule has 206 valence electrons. The van der Waals surface area contributed by atoms with Gasteiger partial charge in [-0.3, -0.25) is 14.5 Å². The number of nitrogens with zero attached hydrogens (tertiary/aromatic N) is 1. The second-order valence-electron chi connectivity index (χ2n) is 11.7. The molecule has 7 nitrogen and oxygen atoms in total. The molecule has 0 saturated carbocycles. The first kappa shape index (κ1) is 28.5. The Morgan fingerprint density at radius 1 is 1.13 bits per heavy atom. The second kappa shape index (κ2) is 12.1. The zero-order valence-electron chi connectivity index (χ0n) is 22.8. The van der Waals surface area contributed by atoms with E-state index < -0.39 is 12.1 Å². The van der Waals surface area contributed by atoms with Gasteiger partial charge < -0.3 is 20.8 Å². The summed E-state index contributed by atoms with van der Waals surface area (Å²) in [5, 5.41) is 28.3. The molecule has 0 spiro atoms. The van der Waals surface area contributed by atoms with Crippen molar-refractivity contribution in [2.24, 2.45) is 5.92 Å². The Balaban J connectivity index is 1.55. The van der Waals surface area contributed by atoms with Crippen molar-refractivity contribution >= 4 is 23.6 Å². The molecule has 0 radical (unpaired) electrons. The summed E-state index contributed by atoms with van der Waals surface area (Å²) in [6.45, 7) is 8.69. The van der Waals surface area contributed by atoms with Crippen molar-refractivity contribution < 1.29 is 19.8 Å². The molecule has 5 atom stereocenters. The molecule has 2 aromatic rings. The molecule has 8 heteroatoms. The summed E-state index contributed by atoms with van der Waals surface area (Å²) >= 11 is 1.96. The summed E-state index contributed by atoms with van der Waals surface area (Å²) in [7, 11) is 0. The van der Waals surface area contributed by atoms with Crippen LogP contribution in [0.5, 0.6) is 5.75 Å². The average molecular weight is 540 g/mol. The number of thioether (sulfide) groups is 1. The number of phenolic OH excluding ortho intramolecular Hbond substituents is 1. The Kier molecular flexibility index (Phi) is 9.06. The zero-order valence-corrected chi connectivity index (χ0v) is 23.6. The van der Waals surface area contributed by atoms with Crippen LogP contribution in [0.15, 0.2) is 48.5 Å². The minimum atomic E-state index is -0.896. The number of hydrogen-bond donors (Lipinski definition) is 4. The number of aliphatic hydroxyl groups excluding tert-OH is 1. The number of hydrogen-bond acceptors (Lipinski definition) is 6. The highest BCUT2D eigenvalue weighted by molar-refractivity contribution is 8.00. The number of aliphatic hydroxyl groups is 1. The van der Waals surface area contributed by atoms with E-state index >= 15 is 0 Å². The van der Waals surface area contributed by atoms with Crippen molar-refractivity contribution in [3.63, 3.8) is 0 Å². The highest BCUT2D eigenvalue weighted by atomic mass is 32.2. The van der Waals surface area contributed by atoms with Crippen LogP contribution < -0.4 is 10.6 Å². The largest absolute Gasteiger partial charge is 0.508 e. The van der Waals surface area contributed by atoms with Crippen molar-refractivity contribution in [2.75, 3.05) is 18.8 Å². The first-order chi connectivity index (χ1) is 18.0. The topological polar surface area (TPSA) is 102 Å². The van der Waals surface area contributed by atoms with Crippen LogP contribution in [-0.4, -0.2) is 74.7 Å². The molecule has 4 N–H and O–H groups in total. The maximum absolute atomic E-state index is 13.4. The van der Waals surface area contributed by atoms with Gasteiger partial charge in [-0.25, -0.2) is 0 Å². The molecule has 2 heterocycles. The van der Waals surface area contributed by atoms with Gasteiger partial charge in [-0.2, -0.15) is 11.8 Å². The maximum atomic E-state index is 13.4. The first-order valence-electron chi connectivity index (χ1n) is 13.5. The quantitative estimate of drug-likeness (QED) is 0.410. The molecule has 4 unspecified atom stereocenters. The van der Waals surface area contributed by atoms with E-state index in [1.165, 1.54) is 0 Å². The SMILES string of the molecule is Cc1c(O)cccc1C(=O)NC(Cc1ccccc1)C(O)CN1CC2CCSC2C[C@H]1C(=O)NC(C)(C)C. The van der Waals surface area contributed by atoms with Gasteiger partial charge in [0.25, 0.3) is 5.91 Å². The van der Waals surface area contributed by atoms with Gasteiger partial charge in [0, 0.05) is 35.0 Å². The number of carbonyl (C=O) groups excluding carboxylic acids is 2. The number of rotatable bonds is 8. The molecular formula is C30H41N3O4S. The number of β-amino-alcohol motifs (C(OH)–C–C–N with tert-alkyl or cyclic N) is 1. The molecule has 0 bridgehead atoms. The molecule has 2 saturated heterocycles. The van der Waals surface area contributed by atoms with Gasteiger partial charge in [-0.05, 0) is 76.3 Å². The number of aromatic hydroxyl groups is 1. The molecule has 38 heavy (non-hydrogen) atoms. The van der Waals surface area contributed by atoms with Gasteiger partial charge in [0.05, 0.1) is 18.2 Å². The second-order valence-corrected chi connectivity index (χ2v) is 13.0. The Hall–Kier alpha value is -2.55. The highest BCUT2D eigenvalue weighted by Crippen LogP contribution is 2.40. The number of benzene rings is 2. The fourth-order valence-corrected chi connectivity index (χ4v) is 7.08. The van der Waals surface area contributed by atoms with Crippen LogP contribution in [0.1, 0.15) is 55.1 Å². The van der Waals surface area contributed by atoms with Gasteiger partial charge >= 0.3 is 0 Å². The summed E-state index contributed by atoms with van der Waals surface area (Å²) in [5.41, 5.74) is 1.53.